The third-order valence-electron chi connectivity index (χ3n) is 4.70. The van der Waals surface area contributed by atoms with Crippen molar-refractivity contribution in [3.05, 3.63) is 41.1 Å². The molecule has 4 amide bonds. The molecule has 1 saturated heterocycles. The Hall–Kier alpha value is -3.09. The van der Waals surface area contributed by atoms with Crippen molar-refractivity contribution in [2.75, 3.05) is 24.8 Å². The number of urea groups is 1. The molecule has 3 atom stereocenters. The molecular weight excluding hydrogens is 414 g/mol. The number of rotatable bonds is 7. The number of methoxy groups -OCH3 is 1. The maximum absolute atomic E-state index is 12.7. The van der Waals surface area contributed by atoms with Crippen LogP contribution in [0.2, 0.25) is 0 Å². The molecule has 2 aliphatic heterocycles. The van der Waals surface area contributed by atoms with Gasteiger partial charge in [0.1, 0.15) is 23.2 Å². The van der Waals surface area contributed by atoms with Gasteiger partial charge in [0.15, 0.2) is 0 Å². The highest BCUT2D eigenvalue weighted by Gasteiger charge is 2.54. The van der Waals surface area contributed by atoms with Crippen molar-refractivity contribution in [2.24, 2.45) is 11.5 Å². The smallest absolute Gasteiger partial charge is 0.352 e. The number of anilines is 1. The second-order valence-corrected chi connectivity index (χ2v) is 7.75. The van der Waals surface area contributed by atoms with Crippen LogP contribution in [0.15, 0.2) is 35.5 Å². The normalized spacial score (nSPS) is 21.4. The van der Waals surface area contributed by atoms with Gasteiger partial charge in [0.25, 0.3) is 5.91 Å². The van der Waals surface area contributed by atoms with Gasteiger partial charge in [0.05, 0.1) is 6.61 Å². The first-order valence-electron chi connectivity index (χ1n) is 8.86. The van der Waals surface area contributed by atoms with Crippen molar-refractivity contribution in [1.82, 2.24) is 10.2 Å². The zero-order valence-electron chi connectivity index (χ0n) is 16.0. The van der Waals surface area contributed by atoms with Crippen molar-refractivity contribution >= 4 is 41.3 Å². The van der Waals surface area contributed by atoms with Crippen LogP contribution in [0.25, 0.3) is 0 Å². The Morgan fingerprint density at radius 3 is 2.70 bits per heavy atom. The number of nitrogens with two attached hydrogens (primary N) is 2. The zero-order valence-corrected chi connectivity index (χ0v) is 16.8. The number of hydrogen-bond donors (Lipinski definition) is 5. The maximum atomic E-state index is 12.7. The number of amides is 4. The number of nitrogens with zero attached hydrogens (tertiary/aromatic N) is 1. The van der Waals surface area contributed by atoms with Crippen LogP contribution in [0, 0.1) is 0 Å². The number of nitrogens with one attached hydrogen (secondary N) is 2. The summed E-state index contributed by atoms with van der Waals surface area (Å²) in [6.07, 6.45) is 0. The second-order valence-electron chi connectivity index (χ2n) is 6.64. The quantitative estimate of drug-likeness (QED) is 0.358. The monoisotopic (exact) mass is 435 g/mol. The first kappa shape index (κ1) is 21.6. The van der Waals surface area contributed by atoms with Gasteiger partial charge in [-0.3, -0.25) is 14.5 Å². The van der Waals surface area contributed by atoms with E-state index in [-0.39, 0.29) is 18.0 Å². The average molecular weight is 435 g/mol. The topological polar surface area (TPSA) is 177 Å². The molecule has 2 heterocycles. The number of hydrogen-bond acceptors (Lipinski definition) is 7. The molecule has 0 aromatic heterocycles. The molecule has 3 rings (SSSR count). The SMILES string of the molecule is COCC1=C(C(=O)O)N2C(=O)C(NC(=O)C(N)c3ccccc3NC(N)=O)[C@H]2SC1. The lowest BCUT2D eigenvalue weighted by molar-refractivity contribution is -0.151. The Bertz CT molecular complexity index is 935. The molecule has 0 aliphatic carbocycles. The van der Waals surface area contributed by atoms with Crippen molar-refractivity contribution in [3.8, 4) is 0 Å². The zero-order chi connectivity index (χ0) is 22.0. The predicted octanol–water partition coefficient (Wildman–Crippen LogP) is -0.438. The van der Waals surface area contributed by atoms with Crippen LogP contribution in [0.4, 0.5) is 10.5 Å². The lowest BCUT2D eigenvalue weighted by Gasteiger charge is -2.49. The fourth-order valence-electron chi connectivity index (χ4n) is 3.37. The minimum atomic E-state index is -1.23. The van der Waals surface area contributed by atoms with Gasteiger partial charge in [-0.1, -0.05) is 18.2 Å². The van der Waals surface area contributed by atoms with Gasteiger partial charge in [0, 0.05) is 24.1 Å². The molecule has 7 N–H and O–H groups in total. The number of aliphatic carboxylic acids is 1. The van der Waals surface area contributed by atoms with Gasteiger partial charge in [-0.25, -0.2) is 9.59 Å². The summed E-state index contributed by atoms with van der Waals surface area (Å²) in [5, 5.41) is 13.9. The van der Waals surface area contributed by atoms with Crippen LogP contribution >= 0.6 is 11.8 Å². The highest BCUT2D eigenvalue weighted by Crippen LogP contribution is 2.40. The highest BCUT2D eigenvalue weighted by molar-refractivity contribution is 8.00. The van der Waals surface area contributed by atoms with E-state index in [1.165, 1.54) is 18.9 Å². The molecule has 0 saturated carbocycles. The van der Waals surface area contributed by atoms with Crippen LogP contribution in [0.3, 0.4) is 0 Å². The predicted molar refractivity (Wildman–Crippen MR) is 108 cm³/mol. The fraction of sp³-hybridized carbons (Fsp3) is 0.333. The Morgan fingerprint density at radius 1 is 1.37 bits per heavy atom. The van der Waals surface area contributed by atoms with E-state index in [2.05, 4.69) is 10.6 Å². The lowest BCUT2D eigenvalue weighted by atomic mass is 10.0. The molecule has 2 unspecified atom stereocenters. The van der Waals surface area contributed by atoms with E-state index < -0.39 is 41.3 Å². The molecule has 0 bridgehead atoms. The van der Waals surface area contributed by atoms with E-state index >= 15 is 0 Å². The summed E-state index contributed by atoms with van der Waals surface area (Å²) in [5.41, 5.74) is 12.2. The number of primary amides is 1. The van der Waals surface area contributed by atoms with Gasteiger partial charge in [-0.2, -0.15) is 0 Å². The van der Waals surface area contributed by atoms with Gasteiger partial charge >= 0.3 is 12.0 Å². The molecule has 1 aromatic rings. The second kappa shape index (κ2) is 8.73. The largest absolute Gasteiger partial charge is 0.477 e. The number of carboxylic acid groups (broad SMARTS) is 1. The first-order chi connectivity index (χ1) is 14.3. The molecule has 30 heavy (non-hydrogen) atoms. The minimum Gasteiger partial charge on any atom is -0.477 e. The van der Waals surface area contributed by atoms with Crippen LogP contribution in [-0.4, -0.2) is 64.7 Å². The fourth-order valence-corrected chi connectivity index (χ4v) is 4.69. The number of benzene rings is 1. The molecule has 0 radical (unpaired) electrons. The number of para-hydroxylation sites is 1. The molecule has 160 valence electrons. The van der Waals surface area contributed by atoms with Gasteiger partial charge in [-0.15, -0.1) is 11.8 Å². The van der Waals surface area contributed by atoms with Gasteiger partial charge in [0.2, 0.25) is 5.91 Å². The van der Waals surface area contributed by atoms with E-state index in [1.54, 1.807) is 24.3 Å². The Labute approximate surface area is 175 Å². The number of fused-ring (bicyclic) bond motifs is 1. The summed E-state index contributed by atoms with van der Waals surface area (Å²) in [6, 6.07) is 3.49. The Kier molecular flexibility index (Phi) is 6.29. The first-order valence-corrected chi connectivity index (χ1v) is 9.91. The summed E-state index contributed by atoms with van der Waals surface area (Å²) in [7, 11) is 1.44. The van der Waals surface area contributed by atoms with Crippen molar-refractivity contribution in [3.63, 3.8) is 0 Å². The molecule has 12 heteroatoms. The number of carbonyl (C=O) groups excluding carboxylic acids is 3. The average Bonchev–Trinajstić information content (AvgIpc) is 2.70. The third-order valence-corrected chi connectivity index (χ3v) is 6.04. The van der Waals surface area contributed by atoms with Gasteiger partial charge in [-0.05, 0) is 11.6 Å². The van der Waals surface area contributed by atoms with Crippen molar-refractivity contribution in [1.29, 1.82) is 0 Å². The molecule has 2 aliphatic rings. The Morgan fingerprint density at radius 2 is 2.07 bits per heavy atom. The van der Waals surface area contributed by atoms with E-state index in [9.17, 15) is 24.3 Å². The lowest BCUT2D eigenvalue weighted by Crippen LogP contribution is -2.71. The molecule has 0 spiro atoms. The van der Waals surface area contributed by atoms with E-state index in [0.29, 0.717) is 16.9 Å². The minimum absolute atomic E-state index is 0.0939. The third kappa shape index (κ3) is 3.97. The standard InChI is InChI=1S/C18H21N5O6S/c1-29-6-8-7-30-16-12(15(25)23(16)13(8)17(26)27)22-14(24)11(19)9-4-2-3-5-10(9)21-18(20)28/h2-5,11-12,16H,6-7,19H2,1H3,(H,22,24)(H,26,27)(H3,20,21,28)/t11?,12?,16-/m1/s1. The summed E-state index contributed by atoms with van der Waals surface area (Å²) < 4.78 is 5.02. The van der Waals surface area contributed by atoms with Crippen LogP contribution in [0.1, 0.15) is 11.6 Å². The summed E-state index contributed by atoms with van der Waals surface area (Å²) in [4.78, 5) is 49.3. The van der Waals surface area contributed by atoms with Crippen molar-refractivity contribution < 1.29 is 29.0 Å². The molecule has 11 nitrogen and oxygen atoms in total. The van der Waals surface area contributed by atoms with Crippen LogP contribution in [-0.2, 0) is 19.1 Å². The maximum Gasteiger partial charge on any atom is 0.352 e. The summed E-state index contributed by atoms with van der Waals surface area (Å²) >= 11 is 1.33. The molecule has 1 fully saturated rings. The number of β-lactam (4-membered cyclic amide) rings is 1. The van der Waals surface area contributed by atoms with Gasteiger partial charge < -0.3 is 31.9 Å². The summed E-state index contributed by atoms with van der Waals surface area (Å²) in [5.74, 6) is -2.06. The summed E-state index contributed by atoms with van der Waals surface area (Å²) in [6.45, 7) is 0.0939. The van der Waals surface area contributed by atoms with E-state index in [1.807, 2.05) is 0 Å². The van der Waals surface area contributed by atoms with Crippen LogP contribution < -0.4 is 22.1 Å². The number of ether oxygens (including phenoxy) is 1. The molecular formula is C18H21N5O6S. The Balaban J connectivity index is 1.75. The number of carboxylic acids is 1. The van der Waals surface area contributed by atoms with E-state index in [0.717, 1.165) is 4.90 Å². The molecule has 1 aromatic carbocycles. The van der Waals surface area contributed by atoms with Crippen LogP contribution in [0.5, 0.6) is 0 Å². The number of carbonyl (C=O) groups is 4. The number of thioether (sulfide) groups is 1. The van der Waals surface area contributed by atoms with Crippen molar-refractivity contribution in [2.45, 2.75) is 17.5 Å². The highest BCUT2D eigenvalue weighted by atomic mass is 32.2. The van der Waals surface area contributed by atoms with E-state index in [4.69, 9.17) is 16.2 Å².